The molecule has 0 bridgehead atoms. The van der Waals surface area contributed by atoms with Crippen molar-refractivity contribution < 1.29 is 14.4 Å². The van der Waals surface area contributed by atoms with E-state index in [1.165, 1.54) is 0 Å². The highest BCUT2D eigenvalue weighted by Crippen LogP contribution is 2.39. The molecule has 0 radical (unpaired) electrons. The molecular formula is C19H26N2O3. The molecule has 0 atom stereocenters. The molecule has 1 aliphatic rings. The summed E-state index contributed by atoms with van der Waals surface area (Å²) in [5.41, 5.74) is 1.75. The lowest BCUT2D eigenvalue weighted by Crippen LogP contribution is -2.38. The quantitative estimate of drug-likeness (QED) is 0.438. The molecule has 0 spiro atoms. The smallest absolute Gasteiger partial charge is 0.236 e. The van der Waals surface area contributed by atoms with Crippen molar-refractivity contribution in [1.29, 1.82) is 0 Å². The lowest BCUT2D eigenvalue weighted by atomic mass is 9.81. The fourth-order valence-electron chi connectivity index (χ4n) is 3.54. The average molecular weight is 330 g/mol. The van der Waals surface area contributed by atoms with E-state index in [-0.39, 0.29) is 30.6 Å². The molecule has 0 aliphatic carbocycles. The number of rotatable bonds is 7. The van der Waals surface area contributed by atoms with Gasteiger partial charge in [-0.1, -0.05) is 19.9 Å². The van der Waals surface area contributed by atoms with E-state index in [1.54, 1.807) is 6.08 Å². The van der Waals surface area contributed by atoms with Gasteiger partial charge in [0.05, 0.1) is 12.0 Å². The number of hydrogen-bond donors (Lipinski definition) is 0. The summed E-state index contributed by atoms with van der Waals surface area (Å²) in [4.78, 5) is 38.8. The van der Waals surface area contributed by atoms with Crippen LogP contribution < -0.4 is 0 Å². The van der Waals surface area contributed by atoms with Gasteiger partial charge in [-0.05, 0) is 32.8 Å². The zero-order chi connectivity index (χ0) is 18.1. The Bertz CT molecular complexity index is 696. The van der Waals surface area contributed by atoms with Gasteiger partial charge in [0, 0.05) is 29.9 Å². The lowest BCUT2D eigenvalue weighted by Gasteiger charge is -2.23. The van der Waals surface area contributed by atoms with Crippen LogP contribution in [-0.4, -0.2) is 33.6 Å². The first kappa shape index (κ1) is 18.2. The Balaban J connectivity index is 2.24. The number of likely N-dealkylation sites (tertiary alicyclic amines) is 1. The van der Waals surface area contributed by atoms with Crippen LogP contribution in [0.5, 0.6) is 0 Å². The Kier molecular flexibility index (Phi) is 5.11. The van der Waals surface area contributed by atoms with Crippen LogP contribution in [0.3, 0.4) is 0 Å². The van der Waals surface area contributed by atoms with Gasteiger partial charge in [0.25, 0.3) is 0 Å². The monoisotopic (exact) mass is 330 g/mol. The van der Waals surface area contributed by atoms with Gasteiger partial charge in [-0.25, -0.2) is 0 Å². The van der Waals surface area contributed by atoms with E-state index in [4.69, 9.17) is 0 Å². The van der Waals surface area contributed by atoms with Gasteiger partial charge >= 0.3 is 0 Å². The Morgan fingerprint density at radius 1 is 1.29 bits per heavy atom. The molecule has 1 fully saturated rings. The zero-order valence-electron chi connectivity index (χ0n) is 15.0. The van der Waals surface area contributed by atoms with E-state index in [9.17, 15) is 14.4 Å². The van der Waals surface area contributed by atoms with Crippen LogP contribution in [-0.2, 0) is 16.1 Å². The van der Waals surface area contributed by atoms with Crippen molar-refractivity contribution in [2.45, 2.75) is 53.5 Å². The number of aryl methyl sites for hydroxylation is 1. The minimum atomic E-state index is -0.628. The molecule has 1 aliphatic heterocycles. The fraction of sp³-hybridized carbons (Fsp3) is 0.526. The van der Waals surface area contributed by atoms with Gasteiger partial charge in [0.1, 0.15) is 0 Å². The zero-order valence-corrected chi connectivity index (χ0v) is 15.0. The van der Waals surface area contributed by atoms with Crippen LogP contribution in [0.2, 0.25) is 0 Å². The van der Waals surface area contributed by atoms with Gasteiger partial charge in [-0.3, -0.25) is 19.3 Å². The summed E-state index contributed by atoms with van der Waals surface area (Å²) in [6.45, 7) is 11.8. The molecule has 1 aromatic rings. The largest absolute Gasteiger partial charge is 0.345 e. The molecule has 0 unspecified atom stereocenters. The lowest BCUT2D eigenvalue weighted by molar-refractivity contribution is -0.141. The van der Waals surface area contributed by atoms with E-state index >= 15 is 0 Å². The van der Waals surface area contributed by atoms with E-state index in [2.05, 4.69) is 6.58 Å². The standard InChI is InChI=1S/C19H26N2O3/c1-6-9-20-13(4)10-15(14(20)5)16(22)12-21-17(23)11-19(7-2,8-3)18(21)24/h6,10H,1,7-9,11-12H2,2-5H3. The molecule has 130 valence electrons. The number of allylic oxidation sites excluding steroid dienone is 1. The number of Topliss-reactive ketones (excluding diaryl/α,β-unsaturated/α-hetero) is 1. The maximum absolute atomic E-state index is 12.7. The summed E-state index contributed by atoms with van der Waals surface area (Å²) in [6.07, 6.45) is 3.22. The minimum absolute atomic E-state index is 0.169. The second kappa shape index (κ2) is 6.75. The second-order valence-corrected chi connectivity index (χ2v) is 6.56. The Morgan fingerprint density at radius 2 is 1.92 bits per heavy atom. The van der Waals surface area contributed by atoms with Crippen molar-refractivity contribution in [3.05, 3.63) is 35.7 Å². The van der Waals surface area contributed by atoms with E-state index < -0.39 is 5.41 Å². The number of amides is 2. The number of imide groups is 1. The van der Waals surface area contributed by atoms with E-state index in [0.717, 1.165) is 16.3 Å². The highest BCUT2D eigenvalue weighted by Gasteiger charge is 2.49. The van der Waals surface area contributed by atoms with Gasteiger partial charge < -0.3 is 4.57 Å². The summed E-state index contributed by atoms with van der Waals surface area (Å²) in [5.74, 6) is -0.634. The first-order valence-electron chi connectivity index (χ1n) is 8.47. The van der Waals surface area contributed by atoms with Crippen LogP contribution in [0.1, 0.15) is 54.9 Å². The summed E-state index contributed by atoms with van der Waals surface area (Å²) < 4.78 is 2.00. The molecule has 5 heteroatoms. The molecule has 24 heavy (non-hydrogen) atoms. The number of aromatic nitrogens is 1. The predicted octanol–water partition coefficient (Wildman–Crippen LogP) is 3.04. The second-order valence-electron chi connectivity index (χ2n) is 6.56. The first-order valence-corrected chi connectivity index (χ1v) is 8.47. The first-order chi connectivity index (χ1) is 11.3. The van der Waals surface area contributed by atoms with Crippen LogP contribution >= 0.6 is 0 Å². The summed E-state index contributed by atoms with van der Waals surface area (Å²) in [6, 6.07) is 1.82. The van der Waals surface area contributed by atoms with Gasteiger partial charge in [-0.15, -0.1) is 6.58 Å². The fourth-order valence-corrected chi connectivity index (χ4v) is 3.54. The molecule has 0 aromatic carbocycles. The van der Waals surface area contributed by atoms with Gasteiger partial charge in [0.15, 0.2) is 5.78 Å². The average Bonchev–Trinajstić information content (AvgIpc) is 2.97. The molecule has 1 saturated heterocycles. The van der Waals surface area contributed by atoms with Crippen LogP contribution in [0.25, 0.3) is 0 Å². The minimum Gasteiger partial charge on any atom is -0.345 e. The highest BCUT2D eigenvalue weighted by atomic mass is 16.2. The maximum atomic E-state index is 12.7. The number of ketones is 1. The molecule has 2 heterocycles. The molecule has 0 saturated carbocycles. The van der Waals surface area contributed by atoms with Crippen molar-refractivity contribution in [2.24, 2.45) is 5.41 Å². The van der Waals surface area contributed by atoms with Gasteiger partial charge in [0.2, 0.25) is 11.8 Å². The summed E-state index contributed by atoms with van der Waals surface area (Å²) in [7, 11) is 0. The third-order valence-corrected chi connectivity index (χ3v) is 5.33. The van der Waals surface area contributed by atoms with Crippen molar-refractivity contribution in [1.82, 2.24) is 9.47 Å². The third kappa shape index (κ3) is 2.83. The van der Waals surface area contributed by atoms with E-state index in [0.29, 0.717) is 24.9 Å². The molecule has 0 N–H and O–H groups in total. The Labute approximate surface area is 143 Å². The van der Waals surface area contributed by atoms with Crippen LogP contribution in [0, 0.1) is 19.3 Å². The Morgan fingerprint density at radius 3 is 2.42 bits per heavy atom. The Hall–Kier alpha value is -2.17. The topological polar surface area (TPSA) is 59.4 Å². The van der Waals surface area contributed by atoms with Crippen molar-refractivity contribution >= 4 is 17.6 Å². The summed E-state index contributed by atoms with van der Waals surface area (Å²) in [5, 5.41) is 0. The molecule has 5 nitrogen and oxygen atoms in total. The van der Waals surface area contributed by atoms with Crippen molar-refractivity contribution in [3.8, 4) is 0 Å². The maximum Gasteiger partial charge on any atom is 0.236 e. The molecule has 1 aromatic heterocycles. The summed E-state index contributed by atoms with van der Waals surface area (Å²) >= 11 is 0. The van der Waals surface area contributed by atoms with E-state index in [1.807, 2.05) is 38.3 Å². The number of nitrogens with zero attached hydrogens (tertiary/aromatic N) is 2. The van der Waals surface area contributed by atoms with Crippen molar-refractivity contribution in [3.63, 3.8) is 0 Å². The van der Waals surface area contributed by atoms with Crippen LogP contribution in [0.4, 0.5) is 0 Å². The third-order valence-electron chi connectivity index (χ3n) is 5.33. The van der Waals surface area contributed by atoms with Gasteiger partial charge in [-0.2, -0.15) is 0 Å². The SMILES string of the molecule is C=CCn1c(C)cc(C(=O)CN2C(=O)CC(CC)(CC)C2=O)c1C. The molecule has 2 amide bonds. The predicted molar refractivity (Wildman–Crippen MR) is 92.8 cm³/mol. The number of carbonyl (C=O) groups excluding carboxylic acids is 3. The normalized spacial score (nSPS) is 16.8. The molecular weight excluding hydrogens is 304 g/mol. The van der Waals surface area contributed by atoms with Crippen molar-refractivity contribution in [2.75, 3.05) is 6.54 Å². The van der Waals surface area contributed by atoms with Crippen LogP contribution in [0.15, 0.2) is 18.7 Å². The number of hydrogen-bond acceptors (Lipinski definition) is 3. The number of carbonyl (C=O) groups is 3. The highest BCUT2D eigenvalue weighted by molar-refractivity contribution is 6.10. The molecule has 2 rings (SSSR count).